The predicted octanol–water partition coefficient (Wildman–Crippen LogP) is 2.40. The Labute approximate surface area is 206 Å². The maximum atomic E-state index is 12.9. The monoisotopic (exact) mass is 497 g/mol. The van der Waals surface area contributed by atoms with Crippen LogP contribution in [0.4, 0.5) is 10.5 Å². The van der Waals surface area contributed by atoms with Gasteiger partial charge in [0.25, 0.3) is 0 Å². The number of carbonyl (C=O) groups excluding carboxylic acids is 1. The topological polar surface area (TPSA) is 139 Å². The quantitative estimate of drug-likeness (QED) is 0.333. The third-order valence-corrected chi connectivity index (χ3v) is 6.85. The molecule has 4 N–H and O–H groups in total. The smallest absolute Gasteiger partial charge is 0.451 e. The number of urea groups is 1. The molecule has 12 heteroatoms. The van der Waals surface area contributed by atoms with Gasteiger partial charge in [0.15, 0.2) is 16.0 Å². The van der Waals surface area contributed by atoms with E-state index < -0.39 is 24.1 Å². The van der Waals surface area contributed by atoms with E-state index in [0.717, 1.165) is 36.0 Å². The lowest BCUT2D eigenvalue weighted by atomic mass is 9.79. The number of fused-ring (bicyclic) bond motifs is 1. The van der Waals surface area contributed by atoms with Crippen LogP contribution in [0, 0.1) is 5.92 Å². The lowest BCUT2D eigenvalue weighted by molar-refractivity contribution is 0.257. The molecular formula is C23H28BN5O5S. The van der Waals surface area contributed by atoms with E-state index in [2.05, 4.69) is 26.2 Å². The Morgan fingerprint density at radius 3 is 2.89 bits per heavy atom. The number of pyridine rings is 1. The lowest BCUT2D eigenvalue weighted by Crippen LogP contribution is -2.31. The lowest BCUT2D eigenvalue weighted by Gasteiger charge is -2.16. The van der Waals surface area contributed by atoms with Crippen molar-refractivity contribution in [3.63, 3.8) is 0 Å². The molecule has 2 atom stereocenters. The number of nitrogens with zero attached hydrogens (tertiary/aromatic N) is 3. The molecule has 0 aliphatic heterocycles. The number of hydrogen-bond acceptors (Lipinski definition) is 7. The van der Waals surface area contributed by atoms with Gasteiger partial charge in [-0.25, -0.2) is 14.0 Å². The van der Waals surface area contributed by atoms with E-state index in [0.29, 0.717) is 18.1 Å². The second kappa shape index (κ2) is 11.0. The van der Waals surface area contributed by atoms with Gasteiger partial charge in [-0.3, -0.25) is 9.40 Å². The minimum atomic E-state index is -1.87. The Balaban J connectivity index is 1.49. The summed E-state index contributed by atoms with van der Waals surface area (Å²) in [5, 5.41) is 25.6. The molecule has 2 amide bonds. The summed E-state index contributed by atoms with van der Waals surface area (Å²) < 4.78 is 22.0. The van der Waals surface area contributed by atoms with E-state index in [9.17, 15) is 9.00 Å². The molecule has 1 aliphatic rings. The van der Waals surface area contributed by atoms with Gasteiger partial charge in [-0.1, -0.05) is 19.1 Å². The summed E-state index contributed by atoms with van der Waals surface area (Å²) in [5.41, 5.74) is 4.63. The maximum Gasteiger partial charge on any atom is 0.451 e. The Bertz CT molecular complexity index is 1230. The van der Waals surface area contributed by atoms with Gasteiger partial charge >= 0.3 is 13.1 Å². The van der Waals surface area contributed by atoms with E-state index >= 15 is 0 Å². The summed E-state index contributed by atoms with van der Waals surface area (Å²) in [6.07, 6.45) is 6.29. The first kappa shape index (κ1) is 24.9. The molecule has 1 aliphatic carbocycles. The summed E-state index contributed by atoms with van der Waals surface area (Å²) in [5.74, 6) is 0.427. The average molecular weight is 497 g/mol. The van der Waals surface area contributed by atoms with Crippen molar-refractivity contribution < 1.29 is 23.8 Å². The molecule has 0 saturated heterocycles. The normalized spacial score (nSPS) is 14.2. The molecule has 0 saturated carbocycles. The van der Waals surface area contributed by atoms with Crippen LogP contribution in [0.25, 0.3) is 11.1 Å². The number of aryl methyl sites for hydroxylation is 1. The standard InChI is InChI=1S/C23H28BN5O5S/c1-15(13-24(31)32)14-29-11-9-21(27-29)35(33)28-23(30)26-22-18-5-3-4-16(18)6-7-19(22)17-8-10-25-20(12-17)34-2/h6-12,15,31-32H,3-5,13-14H2,1-2H3,(H2,26,28,30). The van der Waals surface area contributed by atoms with Gasteiger partial charge in [0, 0.05) is 30.6 Å². The Hall–Kier alpha value is -3.22. The van der Waals surface area contributed by atoms with E-state index in [1.807, 2.05) is 19.1 Å². The van der Waals surface area contributed by atoms with Crippen molar-refractivity contribution in [3.8, 4) is 17.0 Å². The number of rotatable bonds is 9. The highest BCUT2D eigenvalue weighted by Gasteiger charge is 2.22. The van der Waals surface area contributed by atoms with Crippen molar-refractivity contribution in [1.82, 2.24) is 19.5 Å². The summed E-state index contributed by atoms with van der Waals surface area (Å²) in [7, 11) is -1.71. The third kappa shape index (κ3) is 6.08. The van der Waals surface area contributed by atoms with Crippen LogP contribution in [0.5, 0.6) is 5.88 Å². The highest BCUT2D eigenvalue weighted by molar-refractivity contribution is 7.83. The van der Waals surface area contributed by atoms with E-state index in [1.165, 1.54) is 5.56 Å². The number of ether oxygens (including phenoxy) is 1. The largest absolute Gasteiger partial charge is 0.481 e. The summed E-state index contributed by atoms with van der Waals surface area (Å²) in [6.45, 7) is 2.29. The second-order valence-corrected chi connectivity index (χ2v) is 9.75. The molecule has 10 nitrogen and oxygen atoms in total. The summed E-state index contributed by atoms with van der Waals surface area (Å²) in [6, 6.07) is 8.67. The zero-order chi connectivity index (χ0) is 24.9. The van der Waals surface area contributed by atoms with Crippen molar-refractivity contribution in [2.45, 2.75) is 44.1 Å². The van der Waals surface area contributed by atoms with Crippen molar-refractivity contribution in [3.05, 3.63) is 53.9 Å². The van der Waals surface area contributed by atoms with E-state index in [4.69, 9.17) is 14.8 Å². The molecule has 1 aromatic carbocycles. The van der Waals surface area contributed by atoms with Gasteiger partial charge in [0.2, 0.25) is 5.88 Å². The zero-order valence-electron chi connectivity index (χ0n) is 19.6. The minimum Gasteiger partial charge on any atom is -0.481 e. The molecule has 0 fully saturated rings. The van der Waals surface area contributed by atoms with Crippen LogP contribution < -0.4 is 14.8 Å². The van der Waals surface area contributed by atoms with Gasteiger partial charge in [0.1, 0.15) is 0 Å². The van der Waals surface area contributed by atoms with E-state index in [1.54, 1.807) is 36.3 Å². The van der Waals surface area contributed by atoms with Crippen molar-refractivity contribution in [1.29, 1.82) is 0 Å². The molecule has 2 aromatic heterocycles. The molecule has 0 radical (unpaired) electrons. The molecule has 2 unspecified atom stereocenters. The fraction of sp³-hybridized carbons (Fsp3) is 0.348. The van der Waals surface area contributed by atoms with Crippen LogP contribution in [0.3, 0.4) is 0 Å². The molecule has 35 heavy (non-hydrogen) atoms. The molecule has 4 rings (SSSR count). The predicted molar refractivity (Wildman–Crippen MR) is 133 cm³/mol. The molecule has 0 spiro atoms. The second-order valence-electron chi connectivity index (χ2n) is 8.59. The first-order chi connectivity index (χ1) is 16.8. The van der Waals surface area contributed by atoms with Gasteiger partial charge in [0.05, 0.1) is 12.8 Å². The average Bonchev–Trinajstić information content (AvgIpc) is 3.48. The Morgan fingerprint density at radius 2 is 2.11 bits per heavy atom. The fourth-order valence-electron chi connectivity index (χ4n) is 4.31. The summed E-state index contributed by atoms with van der Waals surface area (Å²) >= 11 is 0. The van der Waals surface area contributed by atoms with Crippen LogP contribution in [0.1, 0.15) is 24.5 Å². The molecule has 3 aromatic rings. The van der Waals surface area contributed by atoms with Gasteiger partial charge < -0.3 is 20.1 Å². The molecule has 184 valence electrons. The third-order valence-electron chi connectivity index (χ3n) is 5.88. The minimum absolute atomic E-state index is 0.0437. The SMILES string of the molecule is COc1cc(-c2ccc3c(c2NC(=O)NS(=O)c2ccn(CC(C)CB(O)O)n2)CCC3)ccn1. The number of hydrogen-bond donors (Lipinski definition) is 4. The van der Waals surface area contributed by atoms with Gasteiger partial charge in [-0.2, -0.15) is 5.10 Å². The maximum absolute atomic E-state index is 12.9. The van der Waals surface area contributed by atoms with Gasteiger partial charge in [-0.05, 0) is 60.3 Å². The van der Waals surface area contributed by atoms with Crippen LogP contribution in [0.2, 0.25) is 6.32 Å². The van der Waals surface area contributed by atoms with Crippen LogP contribution in [0.15, 0.2) is 47.8 Å². The first-order valence-corrected chi connectivity index (χ1v) is 12.5. The number of nitrogens with one attached hydrogen (secondary N) is 2. The molecule has 2 heterocycles. The molecular weight excluding hydrogens is 469 g/mol. The number of amides is 2. The van der Waals surface area contributed by atoms with Crippen molar-refractivity contribution in [2.24, 2.45) is 5.92 Å². The fourth-order valence-corrected chi connectivity index (χ4v) is 5.00. The van der Waals surface area contributed by atoms with Crippen LogP contribution >= 0.6 is 0 Å². The first-order valence-electron chi connectivity index (χ1n) is 11.4. The molecule has 0 bridgehead atoms. The Kier molecular flexibility index (Phi) is 7.84. The zero-order valence-corrected chi connectivity index (χ0v) is 20.4. The van der Waals surface area contributed by atoms with Crippen LogP contribution in [-0.2, 0) is 30.4 Å². The highest BCUT2D eigenvalue weighted by atomic mass is 32.2. The number of methoxy groups -OCH3 is 1. The van der Waals surface area contributed by atoms with Crippen molar-refractivity contribution >= 4 is 29.8 Å². The number of anilines is 1. The van der Waals surface area contributed by atoms with E-state index in [-0.39, 0.29) is 17.3 Å². The number of carbonyl (C=O) groups is 1. The van der Waals surface area contributed by atoms with Crippen molar-refractivity contribution in [2.75, 3.05) is 12.4 Å². The number of benzene rings is 1. The van der Waals surface area contributed by atoms with Gasteiger partial charge in [-0.15, -0.1) is 0 Å². The number of aromatic nitrogens is 3. The highest BCUT2D eigenvalue weighted by Crippen LogP contribution is 2.38. The Morgan fingerprint density at radius 1 is 1.29 bits per heavy atom. The van der Waals surface area contributed by atoms with Crippen LogP contribution in [-0.4, -0.2) is 49.3 Å². The summed E-state index contributed by atoms with van der Waals surface area (Å²) in [4.78, 5) is 17.0.